The van der Waals surface area contributed by atoms with Crippen molar-refractivity contribution < 1.29 is 9.59 Å². The first-order valence-electron chi connectivity index (χ1n) is 8.55. The van der Waals surface area contributed by atoms with Crippen molar-refractivity contribution in [2.75, 3.05) is 13.1 Å². The minimum absolute atomic E-state index is 0.0269. The van der Waals surface area contributed by atoms with Gasteiger partial charge in [-0.05, 0) is 36.8 Å². The van der Waals surface area contributed by atoms with Gasteiger partial charge in [0.1, 0.15) is 0 Å². The number of nitrogens with zero attached hydrogens (tertiary/aromatic N) is 1. The molecule has 0 aliphatic carbocycles. The van der Waals surface area contributed by atoms with E-state index in [9.17, 15) is 9.59 Å². The van der Waals surface area contributed by atoms with Gasteiger partial charge < -0.3 is 10.2 Å². The molecule has 2 amide bonds. The maximum Gasteiger partial charge on any atom is 0.264 e. The number of carbonyl (C=O) groups excluding carboxylic acids is 2. The highest BCUT2D eigenvalue weighted by Crippen LogP contribution is 2.32. The molecule has 5 heteroatoms. The number of rotatable bonds is 3. The van der Waals surface area contributed by atoms with Gasteiger partial charge in [-0.3, -0.25) is 9.59 Å². The summed E-state index contributed by atoms with van der Waals surface area (Å²) in [7, 11) is 0. The highest BCUT2D eigenvalue weighted by Gasteiger charge is 2.28. The van der Waals surface area contributed by atoms with Gasteiger partial charge in [0, 0.05) is 29.7 Å². The molecule has 1 N–H and O–H groups in total. The van der Waals surface area contributed by atoms with Gasteiger partial charge in [-0.2, -0.15) is 0 Å². The molecule has 0 radical (unpaired) electrons. The fourth-order valence-electron chi connectivity index (χ4n) is 3.17. The van der Waals surface area contributed by atoms with Crippen LogP contribution in [0, 0.1) is 12.8 Å². The average Bonchev–Trinajstić information content (AvgIpc) is 2.91. The zero-order chi connectivity index (χ0) is 17.3. The van der Waals surface area contributed by atoms with E-state index in [1.54, 1.807) is 11.3 Å². The van der Waals surface area contributed by atoms with Gasteiger partial charge in [0.15, 0.2) is 0 Å². The first-order chi connectivity index (χ1) is 11.5. The van der Waals surface area contributed by atoms with E-state index in [-0.39, 0.29) is 23.8 Å². The van der Waals surface area contributed by atoms with Crippen molar-refractivity contribution in [1.29, 1.82) is 0 Å². The number of hydrogen-bond acceptors (Lipinski definition) is 3. The minimum atomic E-state index is -0.0269. The lowest BCUT2D eigenvalue weighted by Gasteiger charge is -2.33. The minimum Gasteiger partial charge on any atom is -0.351 e. The van der Waals surface area contributed by atoms with E-state index >= 15 is 0 Å². The quantitative estimate of drug-likeness (QED) is 0.925. The number of nitrogens with one attached hydrogen (secondary N) is 1. The molecule has 1 fully saturated rings. The number of fused-ring (bicyclic) bond motifs is 1. The second-order valence-corrected chi connectivity index (χ2v) is 7.86. The van der Waals surface area contributed by atoms with E-state index in [0.29, 0.717) is 6.54 Å². The van der Waals surface area contributed by atoms with Crippen molar-refractivity contribution in [3.05, 3.63) is 34.7 Å². The van der Waals surface area contributed by atoms with E-state index in [0.717, 1.165) is 39.9 Å². The van der Waals surface area contributed by atoms with Crippen LogP contribution < -0.4 is 5.32 Å². The molecule has 2 aromatic rings. The van der Waals surface area contributed by atoms with Gasteiger partial charge in [-0.15, -0.1) is 11.3 Å². The number of benzene rings is 1. The summed E-state index contributed by atoms with van der Waals surface area (Å²) < 4.78 is 1.15. The molecule has 0 saturated carbocycles. The Labute approximate surface area is 146 Å². The molecule has 2 heterocycles. The molecule has 128 valence electrons. The first kappa shape index (κ1) is 17.0. The van der Waals surface area contributed by atoms with E-state index < -0.39 is 0 Å². The number of thiophene rings is 1. The molecule has 1 saturated heterocycles. The van der Waals surface area contributed by atoms with Crippen LogP contribution in [0.3, 0.4) is 0 Å². The average molecular weight is 344 g/mol. The van der Waals surface area contributed by atoms with Crippen molar-refractivity contribution in [2.24, 2.45) is 5.92 Å². The summed E-state index contributed by atoms with van der Waals surface area (Å²) >= 11 is 1.57. The molecule has 1 aromatic heterocycles. The van der Waals surface area contributed by atoms with Crippen molar-refractivity contribution in [2.45, 2.75) is 39.7 Å². The maximum absolute atomic E-state index is 13.0. The normalized spacial score (nSPS) is 18.2. The lowest BCUT2D eigenvalue weighted by atomic mass is 10.0. The third kappa shape index (κ3) is 3.31. The Bertz CT molecular complexity index is 766. The molecule has 0 unspecified atom stereocenters. The van der Waals surface area contributed by atoms with Crippen LogP contribution in [-0.2, 0) is 4.79 Å². The van der Waals surface area contributed by atoms with Gasteiger partial charge >= 0.3 is 0 Å². The third-order valence-corrected chi connectivity index (χ3v) is 5.88. The number of aryl methyl sites for hydroxylation is 1. The zero-order valence-electron chi connectivity index (χ0n) is 14.5. The Kier molecular flexibility index (Phi) is 4.90. The number of hydrogen-bond donors (Lipinski definition) is 1. The van der Waals surface area contributed by atoms with Crippen LogP contribution in [0.5, 0.6) is 0 Å². The molecule has 1 atom stereocenters. The predicted molar refractivity (Wildman–Crippen MR) is 98.5 cm³/mol. The molecule has 3 rings (SSSR count). The maximum atomic E-state index is 13.0. The largest absolute Gasteiger partial charge is 0.351 e. The van der Waals surface area contributed by atoms with E-state index in [1.807, 2.05) is 37.8 Å². The third-order valence-electron chi connectivity index (χ3n) is 4.62. The number of carbonyl (C=O) groups is 2. The molecule has 1 aliphatic heterocycles. The lowest BCUT2D eigenvalue weighted by molar-refractivity contribution is -0.125. The molecule has 0 spiro atoms. The van der Waals surface area contributed by atoms with Crippen molar-refractivity contribution in [1.82, 2.24) is 10.2 Å². The Morgan fingerprint density at radius 3 is 2.75 bits per heavy atom. The van der Waals surface area contributed by atoms with Gasteiger partial charge in [0.2, 0.25) is 5.91 Å². The fraction of sp³-hybridized carbons (Fsp3) is 0.474. The van der Waals surface area contributed by atoms with E-state index in [4.69, 9.17) is 0 Å². The molecular formula is C19H24N2O2S. The lowest BCUT2D eigenvalue weighted by Crippen LogP contribution is -2.50. The van der Waals surface area contributed by atoms with Crippen molar-refractivity contribution in [3.8, 4) is 0 Å². The summed E-state index contributed by atoms with van der Waals surface area (Å²) in [5.74, 6) is 0.130. The van der Waals surface area contributed by atoms with Gasteiger partial charge in [-0.1, -0.05) is 32.0 Å². The molecule has 24 heavy (non-hydrogen) atoms. The van der Waals surface area contributed by atoms with Crippen LogP contribution in [0.2, 0.25) is 0 Å². The van der Waals surface area contributed by atoms with Crippen LogP contribution in [0.15, 0.2) is 24.3 Å². The second-order valence-electron chi connectivity index (χ2n) is 6.81. The van der Waals surface area contributed by atoms with Gasteiger partial charge in [-0.25, -0.2) is 0 Å². The molecule has 1 aromatic carbocycles. The van der Waals surface area contributed by atoms with E-state index in [1.165, 1.54) is 0 Å². The first-order valence-corrected chi connectivity index (χ1v) is 9.36. The van der Waals surface area contributed by atoms with Crippen LogP contribution in [-0.4, -0.2) is 35.8 Å². The Hall–Kier alpha value is -1.88. The van der Waals surface area contributed by atoms with Gasteiger partial charge in [0.05, 0.1) is 4.88 Å². The zero-order valence-corrected chi connectivity index (χ0v) is 15.3. The van der Waals surface area contributed by atoms with Gasteiger partial charge in [0.25, 0.3) is 5.91 Å². The number of likely N-dealkylation sites (tertiary alicyclic amines) is 1. The summed E-state index contributed by atoms with van der Waals surface area (Å²) in [5.41, 5.74) is 1.06. The smallest absolute Gasteiger partial charge is 0.264 e. The summed E-state index contributed by atoms with van der Waals surface area (Å²) in [6.45, 7) is 7.17. The monoisotopic (exact) mass is 344 g/mol. The fourth-order valence-corrected chi connectivity index (χ4v) is 4.35. The van der Waals surface area contributed by atoms with Crippen LogP contribution in [0.4, 0.5) is 0 Å². The summed E-state index contributed by atoms with van der Waals surface area (Å²) in [4.78, 5) is 27.6. The SMILES string of the molecule is Cc1c(C(=O)N2CCC[C@@H](NC(=O)C(C)C)C2)sc2ccccc12. The molecular weight excluding hydrogens is 320 g/mol. The Balaban J connectivity index is 1.76. The topological polar surface area (TPSA) is 49.4 Å². The highest BCUT2D eigenvalue weighted by molar-refractivity contribution is 7.21. The Morgan fingerprint density at radius 2 is 2.04 bits per heavy atom. The standard InChI is InChI=1S/C19H24N2O2S/c1-12(2)18(22)20-14-7-6-10-21(11-14)19(23)17-13(3)15-8-4-5-9-16(15)24-17/h4-5,8-9,12,14H,6-7,10-11H2,1-3H3,(H,20,22)/t14-/m1/s1. The van der Waals surface area contributed by atoms with Crippen molar-refractivity contribution in [3.63, 3.8) is 0 Å². The summed E-state index contributed by atoms with van der Waals surface area (Å²) in [6, 6.07) is 8.21. The summed E-state index contributed by atoms with van der Waals surface area (Å²) in [6.07, 6.45) is 1.87. The molecule has 4 nitrogen and oxygen atoms in total. The van der Waals surface area contributed by atoms with Crippen LogP contribution in [0.1, 0.15) is 41.9 Å². The Morgan fingerprint density at radius 1 is 1.29 bits per heavy atom. The predicted octanol–water partition coefficient (Wildman–Crippen LogP) is 3.59. The molecule has 0 bridgehead atoms. The van der Waals surface area contributed by atoms with Crippen molar-refractivity contribution >= 4 is 33.2 Å². The molecule has 1 aliphatic rings. The number of amides is 2. The number of piperidine rings is 1. The van der Waals surface area contributed by atoms with E-state index in [2.05, 4.69) is 17.4 Å². The second kappa shape index (κ2) is 6.93. The summed E-state index contributed by atoms with van der Waals surface area (Å²) in [5, 5.41) is 4.23. The van der Waals surface area contributed by atoms with Crippen LogP contribution in [0.25, 0.3) is 10.1 Å². The van der Waals surface area contributed by atoms with Crippen LogP contribution >= 0.6 is 11.3 Å². The highest BCUT2D eigenvalue weighted by atomic mass is 32.1.